The van der Waals surface area contributed by atoms with Crippen LogP contribution in [-0.4, -0.2) is 35.4 Å². The number of carbonyl (C=O) groups is 1. The van der Waals surface area contributed by atoms with E-state index in [1.807, 2.05) is 19.2 Å². The van der Waals surface area contributed by atoms with Crippen molar-refractivity contribution in [2.45, 2.75) is 59.9 Å². The lowest BCUT2D eigenvalue weighted by Crippen LogP contribution is -2.51. The van der Waals surface area contributed by atoms with Crippen LogP contribution in [0, 0.1) is 22.9 Å². The van der Waals surface area contributed by atoms with Crippen LogP contribution in [0.3, 0.4) is 0 Å². The highest BCUT2D eigenvalue weighted by Gasteiger charge is 2.52. The van der Waals surface area contributed by atoms with Crippen molar-refractivity contribution in [2.75, 3.05) is 19.6 Å². The Balaban J connectivity index is 1.88. The number of aromatic nitrogens is 1. The zero-order valence-corrected chi connectivity index (χ0v) is 19.8. The van der Waals surface area contributed by atoms with E-state index in [9.17, 15) is 9.18 Å². The first-order chi connectivity index (χ1) is 13.9. The summed E-state index contributed by atoms with van der Waals surface area (Å²) in [6.45, 7) is 15.0. The van der Waals surface area contributed by atoms with E-state index >= 15 is 0 Å². The minimum absolute atomic E-state index is 0.00668. The molecule has 0 saturated carbocycles. The van der Waals surface area contributed by atoms with E-state index in [0.717, 1.165) is 36.5 Å². The van der Waals surface area contributed by atoms with E-state index in [4.69, 9.17) is 0 Å². The highest BCUT2D eigenvalue weighted by molar-refractivity contribution is 7.10. The smallest absolute Gasteiger partial charge is 0.216 e. The Morgan fingerprint density at radius 3 is 2.57 bits per heavy atom. The van der Waals surface area contributed by atoms with Gasteiger partial charge < -0.3 is 5.32 Å². The largest absolute Gasteiger partial charge is 0.356 e. The fourth-order valence-corrected chi connectivity index (χ4v) is 5.62. The topological polar surface area (TPSA) is 45.2 Å². The Morgan fingerprint density at radius 2 is 2.00 bits per heavy atom. The summed E-state index contributed by atoms with van der Waals surface area (Å²) >= 11 is 1.23. The van der Waals surface area contributed by atoms with Crippen LogP contribution in [0.15, 0.2) is 30.5 Å². The van der Waals surface area contributed by atoms with Crippen molar-refractivity contribution in [1.29, 1.82) is 0 Å². The lowest BCUT2D eigenvalue weighted by molar-refractivity contribution is -0.120. The van der Waals surface area contributed by atoms with Gasteiger partial charge in [0.05, 0.1) is 0 Å². The molecule has 0 aliphatic carbocycles. The number of aryl methyl sites for hydroxylation is 1. The maximum Gasteiger partial charge on any atom is 0.216 e. The quantitative estimate of drug-likeness (QED) is 0.677. The van der Waals surface area contributed by atoms with Gasteiger partial charge >= 0.3 is 0 Å². The van der Waals surface area contributed by atoms with Crippen LogP contribution < -0.4 is 5.32 Å². The maximum absolute atomic E-state index is 13.6. The predicted octanol–water partition coefficient (Wildman–Crippen LogP) is 4.92. The van der Waals surface area contributed by atoms with Crippen LogP contribution in [0.5, 0.6) is 0 Å². The van der Waals surface area contributed by atoms with Gasteiger partial charge in [0.25, 0.3) is 0 Å². The Bertz CT molecular complexity index is 890. The molecule has 2 aromatic rings. The van der Waals surface area contributed by atoms with E-state index in [1.165, 1.54) is 16.9 Å². The first-order valence-electron chi connectivity index (χ1n) is 10.6. The molecule has 1 unspecified atom stereocenters. The van der Waals surface area contributed by atoms with Gasteiger partial charge in [0.1, 0.15) is 0 Å². The van der Waals surface area contributed by atoms with Crippen molar-refractivity contribution < 1.29 is 9.18 Å². The highest BCUT2D eigenvalue weighted by Crippen LogP contribution is 2.50. The molecule has 0 aromatic carbocycles. The number of halogens is 1. The van der Waals surface area contributed by atoms with E-state index in [0.29, 0.717) is 6.54 Å². The van der Waals surface area contributed by atoms with Gasteiger partial charge in [-0.3, -0.25) is 14.7 Å². The summed E-state index contributed by atoms with van der Waals surface area (Å²) in [5.74, 6) is -0.00668. The molecule has 1 aliphatic rings. The second-order valence-electron chi connectivity index (χ2n) is 9.88. The lowest BCUT2D eigenvalue weighted by atomic mass is 9.62. The van der Waals surface area contributed by atoms with Gasteiger partial charge in [-0.2, -0.15) is 4.39 Å². The molecule has 1 aliphatic heterocycles. The van der Waals surface area contributed by atoms with Crippen molar-refractivity contribution in [3.05, 3.63) is 51.7 Å². The number of carbonyl (C=O) groups excluding carboxylic acids is 1. The summed E-state index contributed by atoms with van der Waals surface area (Å²) in [5, 5.41) is 2.96. The molecule has 1 fully saturated rings. The molecular weight excluding hydrogens is 397 g/mol. The highest BCUT2D eigenvalue weighted by atomic mass is 32.1. The molecule has 3 rings (SSSR count). The number of likely N-dealkylation sites (tertiary alicyclic amines) is 1. The second-order valence-corrected chi connectivity index (χ2v) is 11.0. The van der Waals surface area contributed by atoms with E-state index in [2.05, 4.69) is 55.0 Å². The normalized spacial score (nSPS) is 20.5. The van der Waals surface area contributed by atoms with Crippen LogP contribution >= 0.6 is 11.3 Å². The molecule has 3 heterocycles. The zero-order chi connectivity index (χ0) is 22.2. The van der Waals surface area contributed by atoms with E-state index < -0.39 is 0 Å². The van der Waals surface area contributed by atoms with Crippen molar-refractivity contribution in [2.24, 2.45) is 10.8 Å². The Kier molecular flexibility index (Phi) is 6.40. The lowest BCUT2D eigenvalue weighted by Gasteiger charge is -2.46. The van der Waals surface area contributed by atoms with Crippen molar-refractivity contribution >= 4 is 17.2 Å². The summed E-state index contributed by atoms with van der Waals surface area (Å²) in [4.78, 5) is 19.9. The fourth-order valence-electron chi connectivity index (χ4n) is 4.66. The molecule has 1 amide bonds. The predicted molar refractivity (Wildman–Crippen MR) is 121 cm³/mol. The van der Waals surface area contributed by atoms with Crippen LogP contribution in [0.25, 0.3) is 0 Å². The van der Waals surface area contributed by atoms with Crippen LogP contribution in [0.4, 0.5) is 4.39 Å². The number of pyridine rings is 1. The average molecular weight is 432 g/mol. The summed E-state index contributed by atoms with van der Waals surface area (Å²) in [6.07, 6.45) is 3.75. The minimum Gasteiger partial charge on any atom is -0.356 e. The standard InChI is InChI=1S/C24H34FN3OS/c1-17-7-8-19(14-26-17)23(5,6)28-12-11-24(16-28,15-27-18(2)29)22(3,4)13-20-9-10-21(25)30-20/h7-10,14H,11-13,15-16H2,1-6H3,(H,27,29). The van der Waals surface area contributed by atoms with Gasteiger partial charge in [0.2, 0.25) is 5.91 Å². The second kappa shape index (κ2) is 8.39. The van der Waals surface area contributed by atoms with Crippen molar-refractivity contribution in [3.8, 4) is 0 Å². The molecular formula is C24H34FN3OS. The molecule has 0 radical (unpaired) electrons. The third-order valence-corrected chi connectivity index (χ3v) is 7.99. The van der Waals surface area contributed by atoms with Gasteiger partial charge in [-0.15, -0.1) is 11.3 Å². The van der Waals surface area contributed by atoms with Gasteiger partial charge in [-0.05, 0) is 69.3 Å². The van der Waals surface area contributed by atoms with Crippen LogP contribution in [0.2, 0.25) is 0 Å². The third kappa shape index (κ3) is 4.59. The molecule has 164 valence electrons. The van der Waals surface area contributed by atoms with Gasteiger partial charge in [0, 0.05) is 47.7 Å². The summed E-state index contributed by atoms with van der Waals surface area (Å²) in [5.41, 5.74) is 1.84. The number of thiophene rings is 1. The third-order valence-electron chi connectivity index (χ3n) is 7.12. The molecule has 0 bridgehead atoms. The number of amides is 1. The molecule has 2 aromatic heterocycles. The number of hydrogen-bond donors (Lipinski definition) is 1. The van der Waals surface area contributed by atoms with Crippen LogP contribution in [0.1, 0.15) is 57.2 Å². The Hall–Kier alpha value is -1.79. The molecule has 30 heavy (non-hydrogen) atoms. The van der Waals surface area contributed by atoms with E-state index in [-0.39, 0.29) is 27.4 Å². The number of nitrogens with zero attached hydrogens (tertiary/aromatic N) is 2. The molecule has 1 atom stereocenters. The number of rotatable bonds is 7. The Labute approximate surface area is 183 Å². The fraction of sp³-hybridized carbons (Fsp3) is 0.583. The van der Waals surface area contributed by atoms with Gasteiger partial charge in [0.15, 0.2) is 5.13 Å². The summed E-state index contributed by atoms with van der Waals surface area (Å²) in [7, 11) is 0. The first-order valence-corrected chi connectivity index (χ1v) is 11.4. The first kappa shape index (κ1) is 22.9. The van der Waals surface area contributed by atoms with Crippen molar-refractivity contribution in [1.82, 2.24) is 15.2 Å². The Morgan fingerprint density at radius 1 is 1.27 bits per heavy atom. The summed E-state index contributed by atoms with van der Waals surface area (Å²) < 4.78 is 13.6. The van der Waals surface area contributed by atoms with Crippen molar-refractivity contribution in [3.63, 3.8) is 0 Å². The molecule has 1 saturated heterocycles. The molecule has 0 spiro atoms. The zero-order valence-electron chi connectivity index (χ0n) is 19.0. The number of nitrogens with one attached hydrogen (secondary N) is 1. The van der Waals surface area contributed by atoms with Gasteiger partial charge in [-0.25, -0.2) is 0 Å². The number of hydrogen-bond acceptors (Lipinski definition) is 4. The summed E-state index contributed by atoms with van der Waals surface area (Å²) in [6, 6.07) is 7.66. The van der Waals surface area contributed by atoms with E-state index in [1.54, 1.807) is 13.0 Å². The maximum atomic E-state index is 13.6. The SMILES string of the molecule is CC(=O)NCC1(C(C)(C)Cc2ccc(F)s2)CCN(C(C)(C)c2ccc(C)nc2)C1. The van der Waals surface area contributed by atoms with Gasteiger partial charge in [-0.1, -0.05) is 19.9 Å². The van der Waals surface area contributed by atoms with Crippen LogP contribution in [-0.2, 0) is 16.8 Å². The molecule has 1 N–H and O–H groups in total. The monoisotopic (exact) mass is 431 g/mol. The molecule has 6 heteroatoms. The molecule has 4 nitrogen and oxygen atoms in total. The average Bonchev–Trinajstić information content (AvgIpc) is 3.28. The minimum atomic E-state index is -0.163.